The number of hydrogen-bond acceptors (Lipinski definition) is 12. The molecule has 13 heteroatoms. The van der Waals surface area contributed by atoms with E-state index in [9.17, 15) is 40.8 Å². The van der Waals surface area contributed by atoms with E-state index in [1.54, 1.807) is 0 Å². The monoisotopic (exact) mass is 369 g/mol. The summed E-state index contributed by atoms with van der Waals surface area (Å²) in [6, 6.07) is 0. The van der Waals surface area contributed by atoms with Crippen molar-refractivity contribution in [3.63, 3.8) is 0 Å². The Morgan fingerprint density at radius 2 is 1.88 bits per heavy atom. The molecule has 0 saturated carbocycles. The smallest absolute Gasteiger partial charge is 0.294 e. The molecule has 1 unspecified atom stereocenters. The molecule has 0 bridgehead atoms. The second kappa shape index (κ2) is 6.22. The largest absolute Gasteiger partial charge is 0.388 e. The number of aliphatic hydroxyl groups is 6. The van der Waals surface area contributed by atoms with Crippen LogP contribution in [0.15, 0.2) is 0 Å². The van der Waals surface area contributed by atoms with E-state index in [2.05, 4.69) is 4.84 Å². The number of hydrogen-bond donors (Lipinski definition) is 6. The first-order valence-corrected chi connectivity index (χ1v) is 7.46. The first-order chi connectivity index (χ1) is 11.6. The van der Waals surface area contributed by atoms with Crippen molar-refractivity contribution in [2.45, 2.75) is 54.1 Å². The van der Waals surface area contributed by atoms with Gasteiger partial charge in [-0.1, -0.05) is 0 Å². The zero-order valence-corrected chi connectivity index (χ0v) is 12.7. The molecule has 3 fully saturated rings. The van der Waals surface area contributed by atoms with Crippen LogP contribution in [0.1, 0.15) is 0 Å². The van der Waals surface area contributed by atoms with E-state index in [-0.39, 0.29) is 6.61 Å². The summed E-state index contributed by atoms with van der Waals surface area (Å²) in [5, 5.41) is 71.0. The summed E-state index contributed by atoms with van der Waals surface area (Å²) < 4.78 is 15.3. The lowest BCUT2D eigenvalue weighted by atomic mass is 9.71. The fourth-order valence-electron chi connectivity index (χ4n) is 3.55. The van der Waals surface area contributed by atoms with Crippen molar-refractivity contribution >= 4 is 0 Å². The average molecular weight is 369 g/mol. The van der Waals surface area contributed by atoms with Crippen LogP contribution in [0.3, 0.4) is 0 Å². The number of rotatable bonds is 4. The van der Waals surface area contributed by atoms with Gasteiger partial charge in [-0.3, -0.25) is 0 Å². The SMILES string of the molecule is O=[N+]([O-])OC[C@H]1OC(O)[C@](O)([C@@]2(O)CO[C@@H]3[C@H](O)CO[C@@H]32)[C@@H](O)[C@@H]1O. The van der Waals surface area contributed by atoms with E-state index in [1.165, 1.54) is 0 Å². The first kappa shape index (κ1) is 18.6. The summed E-state index contributed by atoms with van der Waals surface area (Å²) in [4.78, 5) is 14.3. The molecular formula is C12H19NO12. The van der Waals surface area contributed by atoms with Crippen molar-refractivity contribution in [1.29, 1.82) is 0 Å². The minimum Gasteiger partial charge on any atom is -0.388 e. The van der Waals surface area contributed by atoms with Crippen LogP contribution in [-0.2, 0) is 19.0 Å². The molecule has 3 aliphatic heterocycles. The Bertz CT molecular complexity index is 534. The van der Waals surface area contributed by atoms with Gasteiger partial charge in [-0.05, 0) is 0 Å². The van der Waals surface area contributed by atoms with Gasteiger partial charge in [0, 0.05) is 0 Å². The van der Waals surface area contributed by atoms with Gasteiger partial charge in [0.25, 0.3) is 5.09 Å². The standard InChI is InChI=1S/C12H19NO12/c14-4-1-22-9-7(4)23-3-11(9,18)12(19)8(16)6(15)5(25-10(12)17)2-24-13(20)21/h4-10,14-19H,1-3H2/t4-,5-,6-,7-,8+,9+,10?,11-,12+/m1/s1. The van der Waals surface area contributed by atoms with Crippen LogP contribution < -0.4 is 0 Å². The van der Waals surface area contributed by atoms with Gasteiger partial charge in [-0.15, -0.1) is 10.1 Å². The first-order valence-electron chi connectivity index (χ1n) is 7.46. The molecule has 3 rings (SSSR count). The van der Waals surface area contributed by atoms with Crippen LogP contribution in [0.2, 0.25) is 0 Å². The summed E-state index contributed by atoms with van der Waals surface area (Å²) >= 11 is 0. The fraction of sp³-hybridized carbons (Fsp3) is 1.00. The summed E-state index contributed by atoms with van der Waals surface area (Å²) in [5.41, 5.74) is -5.29. The van der Waals surface area contributed by atoms with Gasteiger partial charge >= 0.3 is 0 Å². The molecule has 3 saturated heterocycles. The second-order valence-electron chi connectivity index (χ2n) is 6.33. The molecule has 144 valence electrons. The van der Waals surface area contributed by atoms with Crippen molar-refractivity contribution in [3.8, 4) is 0 Å². The van der Waals surface area contributed by atoms with Crippen LogP contribution in [0.4, 0.5) is 0 Å². The topological polar surface area (TPSA) is 201 Å². The molecule has 0 amide bonds. The van der Waals surface area contributed by atoms with E-state index < -0.39 is 72.4 Å². The van der Waals surface area contributed by atoms with E-state index in [0.717, 1.165) is 0 Å². The Kier molecular flexibility index (Phi) is 4.64. The molecule has 0 spiro atoms. The Balaban J connectivity index is 1.84. The second-order valence-corrected chi connectivity index (χ2v) is 6.33. The van der Waals surface area contributed by atoms with Gasteiger partial charge in [0.2, 0.25) is 0 Å². The zero-order valence-electron chi connectivity index (χ0n) is 12.7. The summed E-state index contributed by atoms with van der Waals surface area (Å²) in [6.45, 7) is -1.66. The molecule has 3 heterocycles. The maximum absolute atomic E-state index is 10.9. The number of nitrogens with zero attached hydrogens (tertiary/aromatic N) is 1. The van der Waals surface area contributed by atoms with Crippen molar-refractivity contribution in [3.05, 3.63) is 10.1 Å². The third-order valence-electron chi connectivity index (χ3n) is 4.96. The molecule has 0 aliphatic carbocycles. The van der Waals surface area contributed by atoms with E-state index in [0.29, 0.717) is 0 Å². The van der Waals surface area contributed by atoms with Gasteiger partial charge in [-0.2, -0.15) is 0 Å². The molecule has 0 aromatic carbocycles. The third kappa shape index (κ3) is 2.59. The van der Waals surface area contributed by atoms with Crippen molar-refractivity contribution in [2.75, 3.05) is 19.8 Å². The van der Waals surface area contributed by atoms with Crippen molar-refractivity contribution in [2.24, 2.45) is 0 Å². The normalized spacial score (nSPS) is 52.8. The Labute approximate surface area is 140 Å². The van der Waals surface area contributed by atoms with Gasteiger partial charge in [0.05, 0.1) is 13.2 Å². The quantitative estimate of drug-likeness (QED) is 0.204. The molecular weight excluding hydrogens is 350 g/mol. The van der Waals surface area contributed by atoms with E-state index in [4.69, 9.17) is 14.2 Å². The predicted octanol–water partition coefficient (Wildman–Crippen LogP) is -4.75. The molecule has 25 heavy (non-hydrogen) atoms. The Hall–Kier alpha value is -1.16. The molecule has 0 aromatic heterocycles. The maximum atomic E-state index is 10.9. The van der Waals surface area contributed by atoms with Crippen LogP contribution in [0.5, 0.6) is 0 Å². The Morgan fingerprint density at radius 1 is 1.20 bits per heavy atom. The van der Waals surface area contributed by atoms with Crippen LogP contribution >= 0.6 is 0 Å². The molecule has 9 atom stereocenters. The van der Waals surface area contributed by atoms with Gasteiger partial charge in [0.15, 0.2) is 17.5 Å². The van der Waals surface area contributed by atoms with Gasteiger partial charge in [-0.25, -0.2) is 0 Å². The van der Waals surface area contributed by atoms with Gasteiger partial charge in [0.1, 0.15) is 43.2 Å². The third-order valence-corrected chi connectivity index (χ3v) is 4.96. The van der Waals surface area contributed by atoms with Crippen molar-refractivity contribution < 1.29 is 54.8 Å². The lowest BCUT2D eigenvalue weighted by Gasteiger charge is -2.52. The molecule has 0 aromatic rings. The summed E-state index contributed by atoms with van der Waals surface area (Å²) in [5.74, 6) is 0. The molecule has 0 radical (unpaired) electrons. The van der Waals surface area contributed by atoms with Crippen molar-refractivity contribution in [1.82, 2.24) is 0 Å². The highest BCUT2D eigenvalue weighted by atomic mass is 17.0. The molecule has 6 N–H and O–H groups in total. The molecule has 13 nitrogen and oxygen atoms in total. The molecule has 3 aliphatic rings. The predicted molar refractivity (Wildman–Crippen MR) is 71.2 cm³/mol. The summed E-state index contributed by atoms with van der Waals surface area (Å²) in [6.07, 6.45) is -11.4. The highest BCUT2D eigenvalue weighted by Crippen LogP contribution is 2.46. The maximum Gasteiger partial charge on any atom is 0.294 e. The lowest BCUT2D eigenvalue weighted by Crippen LogP contribution is -2.78. The average Bonchev–Trinajstić information content (AvgIpc) is 3.10. The van der Waals surface area contributed by atoms with Crippen LogP contribution in [-0.4, -0.2) is 110 Å². The highest BCUT2D eigenvalue weighted by Gasteiger charge is 2.72. The van der Waals surface area contributed by atoms with E-state index >= 15 is 0 Å². The van der Waals surface area contributed by atoms with Crippen LogP contribution in [0, 0.1) is 10.1 Å². The number of aliphatic hydroxyl groups excluding tert-OH is 4. The van der Waals surface area contributed by atoms with Gasteiger partial charge < -0.3 is 49.7 Å². The fourth-order valence-corrected chi connectivity index (χ4v) is 3.55. The number of fused-ring (bicyclic) bond motifs is 1. The summed E-state index contributed by atoms with van der Waals surface area (Å²) in [7, 11) is 0. The number of ether oxygens (including phenoxy) is 3. The Morgan fingerprint density at radius 3 is 2.52 bits per heavy atom. The lowest BCUT2D eigenvalue weighted by molar-refractivity contribution is -0.760. The van der Waals surface area contributed by atoms with E-state index in [1.807, 2.05) is 0 Å². The minimum absolute atomic E-state index is 0.206. The minimum atomic E-state index is -2.86. The zero-order chi connectivity index (χ0) is 18.6. The highest BCUT2D eigenvalue weighted by molar-refractivity contribution is 5.19. The van der Waals surface area contributed by atoms with Crippen LogP contribution in [0.25, 0.3) is 0 Å².